The van der Waals surface area contributed by atoms with E-state index in [1.165, 1.54) is 12.2 Å². The molecular weight excluding hydrogens is 218 g/mol. The molecule has 13 heavy (non-hydrogen) atoms. The fraction of sp³-hybridized carbons (Fsp3) is 0.167. The third kappa shape index (κ3) is 2.18. The van der Waals surface area contributed by atoms with Gasteiger partial charge in [-0.2, -0.15) is 8.42 Å². The third-order valence-electron chi connectivity index (χ3n) is 1.20. The van der Waals surface area contributed by atoms with Gasteiger partial charge in [-0.3, -0.25) is 0 Å². The van der Waals surface area contributed by atoms with Crippen molar-refractivity contribution in [1.82, 2.24) is 0 Å². The van der Waals surface area contributed by atoms with Crippen molar-refractivity contribution >= 4 is 27.7 Å². The van der Waals surface area contributed by atoms with E-state index in [0.717, 1.165) is 12.3 Å². The minimum atomic E-state index is -4.05. The number of ether oxygens (including phenoxy) is 1. The predicted octanol–water partition coefficient (Wildman–Crippen LogP) is 0.645. The third-order valence-corrected chi connectivity index (χ3v) is 2.89. The molecular formula is C6H4ClNO4S. The number of isocyanates is 1. The Labute approximate surface area is 79.4 Å². The number of rotatable bonds is 2. The quantitative estimate of drug-likeness (QED) is 0.507. The first-order valence-electron chi connectivity index (χ1n) is 3.08. The zero-order chi connectivity index (χ0) is 9.90. The second-order valence-electron chi connectivity index (χ2n) is 2.05. The maximum atomic E-state index is 11.1. The molecule has 0 amide bonds. The van der Waals surface area contributed by atoms with Crippen molar-refractivity contribution in [2.24, 2.45) is 4.40 Å². The van der Waals surface area contributed by atoms with E-state index in [1.807, 2.05) is 0 Å². The second kappa shape index (κ2) is 3.74. The van der Waals surface area contributed by atoms with Crippen LogP contribution in [0.4, 0.5) is 0 Å². The summed E-state index contributed by atoms with van der Waals surface area (Å²) in [6.07, 6.45) is 4.84. The number of hydrogen-bond acceptors (Lipinski definition) is 4. The summed E-state index contributed by atoms with van der Waals surface area (Å²) >= 11 is 5.52. The average Bonchev–Trinajstić information content (AvgIpc) is 2.04. The molecule has 0 N–H and O–H groups in total. The lowest BCUT2D eigenvalue weighted by Crippen LogP contribution is -2.22. The van der Waals surface area contributed by atoms with Crippen LogP contribution in [0.15, 0.2) is 27.8 Å². The van der Waals surface area contributed by atoms with Crippen molar-refractivity contribution < 1.29 is 17.9 Å². The summed E-state index contributed by atoms with van der Waals surface area (Å²) in [5.41, 5.74) is -1.43. The lowest BCUT2D eigenvalue weighted by Gasteiger charge is -2.14. The van der Waals surface area contributed by atoms with Gasteiger partial charge in [0.15, 0.2) is 0 Å². The van der Waals surface area contributed by atoms with E-state index < -0.39 is 15.5 Å². The zero-order valence-corrected chi connectivity index (χ0v) is 7.75. The molecule has 0 saturated heterocycles. The highest BCUT2D eigenvalue weighted by molar-refractivity contribution is 7.91. The lowest BCUT2D eigenvalue weighted by atomic mass is 10.4. The molecule has 0 fully saturated rings. The van der Waals surface area contributed by atoms with Crippen LogP contribution in [-0.2, 0) is 19.6 Å². The fourth-order valence-electron chi connectivity index (χ4n) is 0.704. The molecule has 0 saturated carbocycles. The molecule has 1 aliphatic heterocycles. The van der Waals surface area contributed by atoms with Crippen LogP contribution in [0, 0.1) is 0 Å². The van der Waals surface area contributed by atoms with E-state index in [4.69, 9.17) is 11.6 Å². The van der Waals surface area contributed by atoms with Gasteiger partial charge in [0, 0.05) is 0 Å². The molecule has 1 unspecified atom stereocenters. The number of halogens is 1. The van der Waals surface area contributed by atoms with Crippen molar-refractivity contribution in [3.63, 3.8) is 0 Å². The summed E-state index contributed by atoms with van der Waals surface area (Å²) in [6, 6.07) is 0. The number of carbonyl (C=O) groups excluding carboxylic acids is 1. The summed E-state index contributed by atoms with van der Waals surface area (Å²) in [6.45, 7) is 0. The van der Waals surface area contributed by atoms with Crippen LogP contribution in [0.5, 0.6) is 0 Å². The molecule has 0 aromatic heterocycles. The van der Waals surface area contributed by atoms with E-state index in [9.17, 15) is 13.2 Å². The van der Waals surface area contributed by atoms with Crippen LogP contribution in [0.25, 0.3) is 0 Å². The van der Waals surface area contributed by atoms with Gasteiger partial charge in [-0.25, -0.2) is 4.79 Å². The maximum absolute atomic E-state index is 11.1. The summed E-state index contributed by atoms with van der Waals surface area (Å²) in [5, 5.41) is -0.0542. The normalized spacial score (nSPS) is 21.3. The number of nitrogens with zero attached hydrogens (tertiary/aromatic N) is 1. The predicted molar refractivity (Wildman–Crippen MR) is 45.0 cm³/mol. The van der Waals surface area contributed by atoms with Crippen molar-refractivity contribution in [2.75, 3.05) is 0 Å². The van der Waals surface area contributed by atoms with Crippen molar-refractivity contribution in [1.29, 1.82) is 0 Å². The SMILES string of the molecule is O=C=NS(=O)(=O)C1OC=CC=C1Cl. The Balaban J connectivity index is 3.04. The summed E-state index contributed by atoms with van der Waals surface area (Å²) in [5.74, 6) is 0. The second-order valence-corrected chi connectivity index (χ2v) is 4.12. The van der Waals surface area contributed by atoms with Gasteiger partial charge in [0.2, 0.25) is 0 Å². The van der Waals surface area contributed by atoms with Crippen molar-refractivity contribution in [3.8, 4) is 0 Å². The molecule has 70 valence electrons. The summed E-state index contributed by atoms with van der Waals surface area (Å²) in [4.78, 5) is 9.76. The number of hydrogen-bond donors (Lipinski definition) is 0. The van der Waals surface area contributed by atoms with Gasteiger partial charge in [0.05, 0.1) is 11.3 Å². The van der Waals surface area contributed by atoms with E-state index in [1.54, 1.807) is 0 Å². The van der Waals surface area contributed by atoms with Gasteiger partial charge < -0.3 is 4.74 Å². The lowest BCUT2D eigenvalue weighted by molar-refractivity contribution is 0.241. The van der Waals surface area contributed by atoms with Crippen molar-refractivity contribution in [3.05, 3.63) is 23.4 Å². The highest BCUT2D eigenvalue weighted by Gasteiger charge is 2.30. The first-order chi connectivity index (χ1) is 6.08. The maximum Gasteiger partial charge on any atom is 0.307 e. The first-order valence-corrected chi connectivity index (χ1v) is 4.96. The molecule has 0 aromatic carbocycles. The van der Waals surface area contributed by atoms with Crippen LogP contribution < -0.4 is 0 Å². The highest BCUT2D eigenvalue weighted by atomic mass is 35.5. The Morgan fingerprint density at radius 1 is 1.62 bits per heavy atom. The smallest absolute Gasteiger partial charge is 0.307 e. The molecule has 1 rings (SSSR count). The Morgan fingerprint density at radius 2 is 2.31 bits per heavy atom. The van der Waals surface area contributed by atoms with Gasteiger partial charge in [0.1, 0.15) is 0 Å². The fourth-order valence-corrected chi connectivity index (χ4v) is 1.93. The van der Waals surface area contributed by atoms with Gasteiger partial charge in [-0.1, -0.05) is 16.0 Å². The van der Waals surface area contributed by atoms with E-state index >= 15 is 0 Å². The first kappa shape index (κ1) is 9.98. The highest BCUT2D eigenvalue weighted by Crippen LogP contribution is 2.22. The van der Waals surface area contributed by atoms with E-state index in [0.29, 0.717) is 0 Å². The van der Waals surface area contributed by atoms with Crippen molar-refractivity contribution in [2.45, 2.75) is 5.44 Å². The Kier molecular flexibility index (Phi) is 2.87. The molecule has 7 heteroatoms. The minimum Gasteiger partial charge on any atom is -0.474 e. The van der Waals surface area contributed by atoms with Crippen LogP contribution >= 0.6 is 11.6 Å². The largest absolute Gasteiger partial charge is 0.474 e. The molecule has 0 aliphatic carbocycles. The van der Waals surface area contributed by atoms with E-state index in [-0.39, 0.29) is 5.03 Å². The number of allylic oxidation sites excluding steroid dienone is 2. The average molecular weight is 222 g/mol. The molecule has 1 aliphatic rings. The summed E-state index contributed by atoms with van der Waals surface area (Å²) < 4.78 is 29.4. The molecule has 1 heterocycles. The molecule has 0 spiro atoms. The minimum absolute atomic E-state index is 0.0542. The standard InChI is InChI=1S/C6H4ClNO4S/c7-5-2-1-3-12-6(5)13(10,11)8-4-9/h1-3,6H. The van der Waals surface area contributed by atoms with E-state index in [2.05, 4.69) is 9.13 Å². The van der Waals surface area contributed by atoms with Crippen LogP contribution in [0.2, 0.25) is 0 Å². The zero-order valence-electron chi connectivity index (χ0n) is 6.18. The summed E-state index contributed by atoms with van der Waals surface area (Å²) in [7, 11) is -4.05. The Bertz CT molecular complexity index is 404. The van der Waals surface area contributed by atoms with Crippen LogP contribution in [-0.4, -0.2) is 19.9 Å². The monoisotopic (exact) mass is 221 g/mol. The molecule has 0 aromatic rings. The molecule has 0 bridgehead atoms. The van der Waals surface area contributed by atoms with Crippen LogP contribution in [0.1, 0.15) is 0 Å². The van der Waals surface area contributed by atoms with Crippen LogP contribution in [0.3, 0.4) is 0 Å². The number of sulfonamides is 1. The Hall–Kier alpha value is -1.10. The topological polar surface area (TPSA) is 72.8 Å². The molecule has 0 radical (unpaired) electrons. The Morgan fingerprint density at radius 3 is 2.85 bits per heavy atom. The molecule has 1 atom stereocenters. The van der Waals surface area contributed by atoms with Gasteiger partial charge >= 0.3 is 10.0 Å². The van der Waals surface area contributed by atoms with Gasteiger partial charge in [-0.15, -0.1) is 0 Å². The van der Waals surface area contributed by atoms with Gasteiger partial charge in [-0.05, 0) is 12.2 Å². The molecule has 5 nitrogen and oxygen atoms in total. The van der Waals surface area contributed by atoms with Gasteiger partial charge in [0.25, 0.3) is 11.5 Å².